The molecule has 1 aromatic heterocycles. The fraction of sp³-hybridized carbons (Fsp3) is 0.375. The molecule has 4 heterocycles. The number of hydrogen-bond donors (Lipinski definition) is 4. The third kappa shape index (κ3) is 4.88. The first-order valence-corrected chi connectivity index (χ1v) is 13.9. The Bertz CT molecular complexity index is 1410. The van der Waals surface area contributed by atoms with Crippen LogP contribution >= 0.6 is 23.1 Å². The molecule has 1 aromatic carbocycles. The molecule has 3 aliphatic rings. The summed E-state index contributed by atoms with van der Waals surface area (Å²) in [6, 6.07) is 2.06. The van der Waals surface area contributed by atoms with Crippen molar-refractivity contribution in [3.8, 4) is 11.5 Å². The molecule has 39 heavy (non-hydrogen) atoms. The summed E-state index contributed by atoms with van der Waals surface area (Å²) in [5.41, 5.74) is 7.81. The van der Waals surface area contributed by atoms with Crippen LogP contribution in [0, 0.1) is 0 Å². The smallest absolute Gasteiger partial charge is 0.276 e. The van der Waals surface area contributed by atoms with Gasteiger partial charge in [0.1, 0.15) is 43.4 Å². The van der Waals surface area contributed by atoms with E-state index in [-0.39, 0.29) is 40.3 Å². The number of likely N-dealkylation sites (N-methyl/N-ethyl adjacent to an activating group) is 1. The Hall–Kier alpha value is -3.82. The zero-order valence-corrected chi connectivity index (χ0v) is 22.7. The molecule has 5 N–H and O–H groups in total. The van der Waals surface area contributed by atoms with E-state index in [1.807, 2.05) is 7.05 Å². The summed E-state index contributed by atoms with van der Waals surface area (Å²) in [6.45, 7) is 3.24. The molecule has 15 heteroatoms. The van der Waals surface area contributed by atoms with E-state index in [0.717, 1.165) is 27.4 Å². The molecule has 0 aliphatic carbocycles. The highest BCUT2D eigenvalue weighted by atomic mass is 32.2. The van der Waals surface area contributed by atoms with Crippen LogP contribution in [0.4, 0.5) is 5.13 Å². The van der Waals surface area contributed by atoms with Gasteiger partial charge in [-0.3, -0.25) is 14.5 Å². The van der Waals surface area contributed by atoms with Crippen LogP contribution in [-0.4, -0.2) is 85.4 Å². The molecule has 206 valence electrons. The zero-order valence-electron chi connectivity index (χ0n) is 21.0. The maximum Gasteiger partial charge on any atom is 0.276 e. The molecule has 1 fully saturated rings. The summed E-state index contributed by atoms with van der Waals surface area (Å²) in [7, 11) is 1.94. The number of fused-ring (bicyclic) bond motifs is 2. The number of oxime groups is 1. The highest BCUT2D eigenvalue weighted by molar-refractivity contribution is 8.00. The molecular weight excluding hydrogens is 548 g/mol. The predicted molar refractivity (Wildman–Crippen MR) is 140 cm³/mol. The van der Waals surface area contributed by atoms with E-state index >= 15 is 0 Å². The molecule has 5 rings (SSSR count). The van der Waals surface area contributed by atoms with Crippen molar-refractivity contribution in [2.45, 2.75) is 31.4 Å². The van der Waals surface area contributed by atoms with E-state index in [9.17, 15) is 29.7 Å². The number of aromatic hydroxyl groups is 2. The number of phenols is 2. The number of benzene rings is 1. The largest absolute Gasteiger partial charge is 0.543 e. The number of carboxylic acids is 1. The quantitative estimate of drug-likeness (QED) is 0.105. The van der Waals surface area contributed by atoms with Crippen molar-refractivity contribution >= 4 is 51.7 Å². The maximum absolute atomic E-state index is 13.1. The number of nitrogens with zero attached hydrogens (tertiary/aromatic N) is 4. The number of anilines is 1. The van der Waals surface area contributed by atoms with E-state index < -0.39 is 29.2 Å². The first kappa shape index (κ1) is 26.8. The Morgan fingerprint density at radius 1 is 1.31 bits per heavy atom. The Morgan fingerprint density at radius 3 is 2.54 bits per heavy atom. The number of phenolic OH excluding ortho intramolecular Hbond substituents is 2. The molecule has 2 amide bonds. The topological polar surface area (TPSA) is 190 Å². The molecule has 13 nitrogen and oxygen atoms in total. The van der Waals surface area contributed by atoms with Crippen LogP contribution < -0.4 is 16.2 Å². The van der Waals surface area contributed by atoms with Gasteiger partial charge in [-0.2, -0.15) is 0 Å². The normalized spacial score (nSPS) is 21.7. The predicted octanol–water partition coefficient (Wildman–Crippen LogP) is -0.559. The van der Waals surface area contributed by atoms with E-state index in [0.29, 0.717) is 35.4 Å². The first-order valence-electron chi connectivity index (χ1n) is 12.0. The molecule has 3 aliphatic heterocycles. The van der Waals surface area contributed by atoms with Gasteiger partial charge in [0, 0.05) is 27.8 Å². The molecule has 2 atom stereocenters. The van der Waals surface area contributed by atoms with Gasteiger partial charge in [0.25, 0.3) is 11.8 Å². The minimum absolute atomic E-state index is 0.142. The number of β-lactam (4-membered cyclic amide) rings is 1. The summed E-state index contributed by atoms with van der Waals surface area (Å²) < 4.78 is 0.395. The van der Waals surface area contributed by atoms with Crippen LogP contribution in [0.5, 0.6) is 11.5 Å². The molecule has 2 aromatic rings. The number of aromatic nitrogens is 1. The van der Waals surface area contributed by atoms with Gasteiger partial charge in [-0.25, -0.2) is 4.98 Å². The number of hydrogen-bond acceptors (Lipinski definition) is 12. The highest BCUT2D eigenvalue weighted by Crippen LogP contribution is 2.42. The minimum Gasteiger partial charge on any atom is -0.543 e. The number of aliphatic carboxylic acids is 1. The third-order valence-corrected chi connectivity index (χ3v) is 8.78. The number of carboxylic acid groups (broad SMARTS) is 1. The summed E-state index contributed by atoms with van der Waals surface area (Å²) in [5, 5.41) is 39.6. The lowest BCUT2D eigenvalue weighted by molar-refractivity contribution is -0.924. The lowest BCUT2D eigenvalue weighted by Crippen LogP contribution is -2.71. The van der Waals surface area contributed by atoms with Crippen molar-refractivity contribution in [2.24, 2.45) is 5.16 Å². The fourth-order valence-electron chi connectivity index (χ4n) is 5.14. The van der Waals surface area contributed by atoms with Crippen LogP contribution in [0.1, 0.15) is 23.7 Å². The average molecular weight is 575 g/mol. The molecule has 1 unspecified atom stereocenters. The number of thioether (sulfide) groups is 1. The van der Waals surface area contributed by atoms with Gasteiger partial charge in [-0.05, 0) is 19.1 Å². The van der Waals surface area contributed by atoms with E-state index in [1.165, 1.54) is 23.9 Å². The van der Waals surface area contributed by atoms with Gasteiger partial charge in [0.15, 0.2) is 22.3 Å². The standard InChI is InChI=1S/C24H26N6O7S2/c1-3-37-28-17(14-10-39-24(25)26-14)20(33)27-18-21(34)29-19(23(35)36)13(9-38-22(18)29)8-30(2)6-11-4-15(31)16(32)5-12(11)7-30/h4-5,10,18,22H,3,6-9H2,1-2H3,(H5-,25,26,27,28,31,32,33,35,36)/t18?,22-/m1/s1. The number of rotatable bonds is 8. The van der Waals surface area contributed by atoms with Crippen LogP contribution in [0.25, 0.3) is 0 Å². The Kier molecular flexibility index (Phi) is 6.90. The summed E-state index contributed by atoms with van der Waals surface area (Å²) in [5.74, 6) is -2.85. The number of carbonyl (C=O) groups is 3. The van der Waals surface area contributed by atoms with Gasteiger partial charge >= 0.3 is 0 Å². The van der Waals surface area contributed by atoms with Crippen molar-refractivity contribution in [1.29, 1.82) is 0 Å². The van der Waals surface area contributed by atoms with E-state index in [4.69, 9.17) is 10.6 Å². The minimum atomic E-state index is -1.47. The molecular formula is C24H26N6O7S2. The molecule has 1 saturated heterocycles. The average Bonchev–Trinajstić information content (AvgIpc) is 3.44. The lowest BCUT2D eigenvalue weighted by Gasteiger charge is -2.51. The van der Waals surface area contributed by atoms with Gasteiger partial charge in [-0.15, -0.1) is 23.1 Å². The summed E-state index contributed by atoms with van der Waals surface area (Å²) in [4.78, 5) is 48.7. The SMILES string of the molecule is CCO/N=C(\C(=O)NC1C(=O)N2C(C(=O)[O-])=C(C[N+]3(C)Cc4cc(O)c(O)cc4C3)CS[C@H]12)c1csc(N)n1. The zero-order chi connectivity index (χ0) is 28.1. The van der Waals surface area contributed by atoms with Gasteiger partial charge in [0.2, 0.25) is 0 Å². The second-order valence-corrected chi connectivity index (χ2v) is 11.7. The van der Waals surface area contributed by atoms with E-state index in [2.05, 4.69) is 15.5 Å². The van der Waals surface area contributed by atoms with Crippen molar-refractivity contribution < 1.29 is 39.0 Å². The molecule has 0 saturated carbocycles. The fourth-order valence-corrected chi connectivity index (χ4v) is 7.02. The number of nitrogens with two attached hydrogens (primary N) is 1. The second-order valence-electron chi connectivity index (χ2n) is 9.73. The number of nitrogen functional groups attached to an aromatic ring is 1. The molecule has 0 bridgehead atoms. The number of quaternary nitrogens is 1. The van der Waals surface area contributed by atoms with Gasteiger partial charge in [-0.1, -0.05) is 5.16 Å². The number of amides is 2. The summed E-state index contributed by atoms with van der Waals surface area (Å²) >= 11 is 2.46. The third-order valence-electron chi connectivity index (χ3n) is 6.77. The van der Waals surface area contributed by atoms with E-state index in [1.54, 1.807) is 12.3 Å². The van der Waals surface area contributed by atoms with Crippen LogP contribution in [-0.2, 0) is 32.3 Å². The number of nitrogens with one attached hydrogen (secondary N) is 1. The molecule has 0 spiro atoms. The Balaban J connectivity index is 1.34. The highest BCUT2D eigenvalue weighted by Gasteiger charge is 2.54. The van der Waals surface area contributed by atoms with Crippen molar-refractivity contribution in [3.05, 3.63) is 45.6 Å². The Morgan fingerprint density at radius 2 is 1.97 bits per heavy atom. The second kappa shape index (κ2) is 10.1. The van der Waals surface area contributed by atoms with Crippen LogP contribution in [0.2, 0.25) is 0 Å². The lowest BCUT2D eigenvalue weighted by atomic mass is 10.0. The summed E-state index contributed by atoms with van der Waals surface area (Å²) in [6.07, 6.45) is 0. The number of carbonyl (C=O) groups excluding carboxylic acids is 3. The van der Waals surface area contributed by atoms with Gasteiger partial charge < -0.3 is 40.5 Å². The van der Waals surface area contributed by atoms with Crippen LogP contribution in [0.15, 0.2) is 33.9 Å². The van der Waals surface area contributed by atoms with Crippen molar-refractivity contribution in [3.63, 3.8) is 0 Å². The Labute approximate surface area is 231 Å². The first-order chi connectivity index (χ1) is 18.5. The number of thiazole rings is 1. The van der Waals surface area contributed by atoms with Crippen LogP contribution in [0.3, 0.4) is 0 Å². The van der Waals surface area contributed by atoms with Gasteiger partial charge in [0.05, 0.1) is 18.7 Å². The monoisotopic (exact) mass is 574 g/mol. The molecule has 0 radical (unpaired) electrons. The van der Waals surface area contributed by atoms with Crippen molar-refractivity contribution in [1.82, 2.24) is 15.2 Å². The maximum atomic E-state index is 13.1. The van der Waals surface area contributed by atoms with Crippen molar-refractivity contribution in [2.75, 3.05) is 31.7 Å².